The zero-order valence-electron chi connectivity index (χ0n) is 10.2. The summed E-state index contributed by atoms with van der Waals surface area (Å²) in [7, 11) is 0. The molecule has 1 saturated heterocycles. The van der Waals surface area contributed by atoms with Gasteiger partial charge in [-0.15, -0.1) is 0 Å². The minimum Gasteiger partial charge on any atom is -0.466 e. The van der Waals surface area contributed by atoms with E-state index in [2.05, 4.69) is 17.4 Å². The molecule has 1 aromatic rings. The first kappa shape index (κ1) is 12.1. The zero-order valence-corrected chi connectivity index (χ0v) is 10.2. The molecule has 0 aromatic heterocycles. The lowest BCUT2D eigenvalue weighted by Crippen LogP contribution is -2.39. The van der Waals surface area contributed by atoms with Crippen molar-refractivity contribution in [3.05, 3.63) is 35.9 Å². The molecule has 92 valence electrons. The minimum atomic E-state index is -0.0689. The molecular formula is C14H19NO2. The van der Waals surface area contributed by atoms with Gasteiger partial charge in [0, 0.05) is 13.1 Å². The number of benzene rings is 1. The minimum absolute atomic E-state index is 0.00564. The van der Waals surface area contributed by atoms with Crippen LogP contribution in [0.5, 0.6) is 0 Å². The van der Waals surface area contributed by atoms with E-state index >= 15 is 0 Å². The fourth-order valence-corrected chi connectivity index (χ4v) is 2.36. The first-order chi connectivity index (χ1) is 8.31. The number of carbonyl (C=O) groups is 1. The molecule has 0 saturated carbocycles. The number of ether oxygens (including phenoxy) is 1. The molecule has 0 aliphatic carbocycles. The van der Waals surface area contributed by atoms with Crippen LogP contribution in [0.2, 0.25) is 0 Å². The number of nitrogens with one attached hydrogen (secondary N) is 1. The molecule has 0 bridgehead atoms. The number of piperidine rings is 1. The standard InChI is InChI=1S/C14H19NO2/c1-2-17-14(16)13-8-12(9-15-10-13)11-6-4-3-5-7-11/h3-7,12-13,15H,2,8-10H2,1H3/t12-,13+/m1/s1. The van der Waals surface area contributed by atoms with Crippen molar-refractivity contribution in [3.63, 3.8) is 0 Å². The van der Waals surface area contributed by atoms with E-state index in [9.17, 15) is 4.79 Å². The maximum atomic E-state index is 11.7. The van der Waals surface area contributed by atoms with E-state index in [0.717, 1.165) is 19.5 Å². The third-order valence-electron chi connectivity index (χ3n) is 3.24. The van der Waals surface area contributed by atoms with Crippen LogP contribution in [0.4, 0.5) is 0 Å². The molecule has 0 unspecified atom stereocenters. The molecule has 1 aliphatic heterocycles. The van der Waals surface area contributed by atoms with E-state index in [1.54, 1.807) is 0 Å². The zero-order chi connectivity index (χ0) is 12.1. The summed E-state index contributed by atoms with van der Waals surface area (Å²) in [4.78, 5) is 11.7. The SMILES string of the molecule is CCOC(=O)[C@@H]1CNC[C@H](c2ccccc2)C1. The highest BCUT2D eigenvalue weighted by atomic mass is 16.5. The first-order valence-corrected chi connectivity index (χ1v) is 6.23. The van der Waals surface area contributed by atoms with Crippen LogP contribution in [0.1, 0.15) is 24.8 Å². The molecular weight excluding hydrogens is 214 g/mol. The fraction of sp³-hybridized carbons (Fsp3) is 0.500. The highest BCUT2D eigenvalue weighted by molar-refractivity contribution is 5.73. The van der Waals surface area contributed by atoms with E-state index in [4.69, 9.17) is 4.74 Å². The van der Waals surface area contributed by atoms with Crippen molar-refractivity contribution < 1.29 is 9.53 Å². The van der Waals surface area contributed by atoms with E-state index in [0.29, 0.717) is 12.5 Å². The molecule has 1 fully saturated rings. The Morgan fingerprint density at radius 2 is 2.12 bits per heavy atom. The molecule has 0 spiro atoms. The second-order valence-electron chi connectivity index (χ2n) is 4.45. The summed E-state index contributed by atoms with van der Waals surface area (Å²) in [6.45, 7) is 4.00. The van der Waals surface area contributed by atoms with Gasteiger partial charge in [-0.2, -0.15) is 0 Å². The second kappa shape index (κ2) is 5.82. The van der Waals surface area contributed by atoms with Crippen molar-refractivity contribution in [2.45, 2.75) is 19.3 Å². The van der Waals surface area contributed by atoms with Gasteiger partial charge >= 0.3 is 5.97 Å². The lowest BCUT2D eigenvalue weighted by molar-refractivity contribution is -0.148. The smallest absolute Gasteiger partial charge is 0.310 e. The van der Waals surface area contributed by atoms with Crippen LogP contribution in [0.15, 0.2) is 30.3 Å². The lowest BCUT2D eigenvalue weighted by Gasteiger charge is -2.28. The fourth-order valence-electron chi connectivity index (χ4n) is 2.36. The van der Waals surface area contributed by atoms with Gasteiger partial charge in [-0.25, -0.2) is 0 Å². The normalized spacial score (nSPS) is 24.3. The lowest BCUT2D eigenvalue weighted by atomic mass is 9.85. The van der Waals surface area contributed by atoms with Crippen LogP contribution in [-0.4, -0.2) is 25.7 Å². The van der Waals surface area contributed by atoms with Gasteiger partial charge in [-0.05, 0) is 24.8 Å². The summed E-state index contributed by atoms with van der Waals surface area (Å²) in [6.07, 6.45) is 0.885. The Hall–Kier alpha value is -1.35. The van der Waals surface area contributed by atoms with E-state index in [1.165, 1.54) is 5.56 Å². The van der Waals surface area contributed by atoms with Gasteiger partial charge in [0.2, 0.25) is 0 Å². The number of esters is 1. The first-order valence-electron chi connectivity index (χ1n) is 6.23. The molecule has 1 heterocycles. The van der Waals surface area contributed by atoms with Crippen LogP contribution in [-0.2, 0) is 9.53 Å². The Bertz CT molecular complexity index is 364. The predicted molar refractivity (Wildman–Crippen MR) is 66.8 cm³/mol. The van der Waals surface area contributed by atoms with Gasteiger partial charge in [-0.1, -0.05) is 30.3 Å². The van der Waals surface area contributed by atoms with Crippen LogP contribution in [0, 0.1) is 5.92 Å². The average molecular weight is 233 g/mol. The molecule has 1 N–H and O–H groups in total. The van der Waals surface area contributed by atoms with Crippen molar-refractivity contribution in [2.75, 3.05) is 19.7 Å². The van der Waals surface area contributed by atoms with Crippen LogP contribution < -0.4 is 5.32 Å². The van der Waals surface area contributed by atoms with Gasteiger partial charge in [0.05, 0.1) is 12.5 Å². The Labute approximate surface area is 102 Å². The summed E-state index contributed by atoms with van der Waals surface area (Å²) in [5.41, 5.74) is 1.30. The summed E-state index contributed by atoms with van der Waals surface area (Å²) < 4.78 is 5.09. The number of hydrogen-bond donors (Lipinski definition) is 1. The molecule has 3 heteroatoms. The summed E-state index contributed by atoms with van der Waals surface area (Å²) in [6, 6.07) is 10.4. The number of carbonyl (C=O) groups excluding carboxylic acids is 1. The van der Waals surface area contributed by atoms with Gasteiger partial charge in [0.15, 0.2) is 0 Å². The largest absolute Gasteiger partial charge is 0.466 e. The Morgan fingerprint density at radius 3 is 2.82 bits per heavy atom. The van der Waals surface area contributed by atoms with E-state index in [-0.39, 0.29) is 11.9 Å². The predicted octanol–water partition coefficient (Wildman–Crippen LogP) is 1.94. The molecule has 3 nitrogen and oxygen atoms in total. The molecule has 0 amide bonds. The highest BCUT2D eigenvalue weighted by Crippen LogP contribution is 2.26. The Morgan fingerprint density at radius 1 is 1.35 bits per heavy atom. The summed E-state index contributed by atoms with van der Waals surface area (Å²) in [5, 5.41) is 3.32. The van der Waals surface area contributed by atoms with Crippen molar-refractivity contribution in [2.24, 2.45) is 5.92 Å². The molecule has 2 rings (SSSR count). The molecule has 2 atom stereocenters. The molecule has 17 heavy (non-hydrogen) atoms. The molecule has 0 radical (unpaired) electrons. The van der Waals surface area contributed by atoms with Crippen LogP contribution in [0.3, 0.4) is 0 Å². The van der Waals surface area contributed by atoms with Gasteiger partial charge in [0.1, 0.15) is 0 Å². The average Bonchev–Trinajstić information content (AvgIpc) is 2.40. The third-order valence-corrected chi connectivity index (χ3v) is 3.24. The van der Waals surface area contributed by atoms with Gasteiger partial charge in [0.25, 0.3) is 0 Å². The number of hydrogen-bond acceptors (Lipinski definition) is 3. The second-order valence-corrected chi connectivity index (χ2v) is 4.45. The molecule has 1 aromatic carbocycles. The quantitative estimate of drug-likeness (QED) is 0.811. The molecule has 1 aliphatic rings. The topological polar surface area (TPSA) is 38.3 Å². The van der Waals surface area contributed by atoms with Gasteiger partial charge in [-0.3, -0.25) is 4.79 Å². The van der Waals surface area contributed by atoms with Crippen molar-refractivity contribution in [1.29, 1.82) is 0 Å². The van der Waals surface area contributed by atoms with E-state index in [1.807, 2.05) is 25.1 Å². The number of rotatable bonds is 3. The maximum absolute atomic E-state index is 11.7. The van der Waals surface area contributed by atoms with Crippen LogP contribution in [0.25, 0.3) is 0 Å². The third kappa shape index (κ3) is 3.07. The van der Waals surface area contributed by atoms with Crippen molar-refractivity contribution in [3.8, 4) is 0 Å². The van der Waals surface area contributed by atoms with E-state index < -0.39 is 0 Å². The van der Waals surface area contributed by atoms with Gasteiger partial charge < -0.3 is 10.1 Å². The monoisotopic (exact) mass is 233 g/mol. The van der Waals surface area contributed by atoms with Crippen LogP contribution >= 0.6 is 0 Å². The van der Waals surface area contributed by atoms with Crippen molar-refractivity contribution >= 4 is 5.97 Å². The Kier molecular flexibility index (Phi) is 4.15. The van der Waals surface area contributed by atoms with Crippen molar-refractivity contribution in [1.82, 2.24) is 5.32 Å². The summed E-state index contributed by atoms with van der Waals surface area (Å²) in [5.74, 6) is 0.342. The highest BCUT2D eigenvalue weighted by Gasteiger charge is 2.28. The Balaban J connectivity index is 2.00. The maximum Gasteiger partial charge on any atom is 0.310 e. The summed E-state index contributed by atoms with van der Waals surface area (Å²) >= 11 is 0.